The van der Waals surface area contributed by atoms with Gasteiger partial charge in [-0.1, -0.05) is 37.6 Å². The van der Waals surface area contributed by atoms with Crippen LogP contribution >= 0.6 is 11.6 Å². The van der Waals surface area contributed by atoms with Crippen molar-refractivity contribution in [1.29, 1.82) is 5.41 Å². The molecule has 2 rings (SSSR count). The molecule has 0 saturated heterocycles. The summed E-state index contributed by atoms with van der Waals surface area (Å²) in [7, 11) is 0. The van der Waals surface area contributed by atoms with Crippen molar-refractivity contribution in [3.63, 3.8) is 0 Å². The van der Waals surface area contributed by atoms with Crippen LogP contribution in [0, 0.1) is 12.3 Å². The number of nitrogen functional groups attached to an aromatic ring is 1. The third-order valence-corrected chi connectivity index (χ3v) is 2.66. The zero-order valence-electron chi connectivity index (χ0n) is 11.7. The molecule has 6 heteroatoms. The van der Waals surface area contributed by atoms with Gasteiger partial charge < -0.3 is 16.5 Å². The average Bonchev–Trinajstić information content (AvgIpc) is 2.45. The van der Waals surface area contributed by atoms with Crippen LogP contribution < -0.4 is 11.1 Å². The van der Waals surface area contributed by atoms with Gasteiger partial charge in [0.1, 0.15) is 5.02 Å². The number of aromatic nitrogens is 2. The van der Waals surface area contributed by atoms with Crippen LogP contribution in [0.2, 0.25) is 5.02 Å². The lowest BCUT2D eigenvalue weighted by molar-refractivity contribution is 1.18. The van der Waals surface area contributed by atoms with Gasteiger partial charge in [0.15, 0.2) is 5.82 Å². The molecule has 0 unspecified atom stereocenters. The highest BCUT2D eigenvalue weighted by molar-refractivity contribution is 6.32. The number of halogens is 1. The van der Waals surface area contributed by atoms with Crippen LogP contribution in [0.1, 0.15) is 25.0 Å². The zero-order chi connectivity index (χ0) is 15.1. The first-order valence-corrected chi connectivity index (χ1v) is 6.64. The fourth-order valence-electron chi connectivity index (χ4n) is 1.50. The Balaban J connectivity index is 0.000000956. The first-order chi connectivity index (χ1) is 9.60. The van der Waals surface area contributed by atoms with Crippen LogP contribution in [0.15, 0.2) is 24.4 Å². The molecular weight excluding hydrogens is 274 g/mol. The van der Waals surface area contributed by atoms with Gasteiger partial charge in [0.2, 0.25) is 5.95 Å². The number of nitrogens with one attached hydrogen (secondary N) is 2. The highest BCUT2D eigenvalue weighted by Crippen LogP contribution is 2.25. The van der Waals surface area contributed by atoms with E-state index < -0.39 is 0 Å². The molecule has 0 fully saturated rings. The summed E-state index contributed by atoms with van der Waals surface area (Å²) in [6.07, 6.45) is 2.70. The fourth-order valence-corrected chi connectivity index (χ4v) is 1.64. The maximum absolute atomic E-state index is 7.36. The molecule has 0 aliphatic heterocycles. The Morgan fingerprint density at radius 1 is 1.35 bits per heavy atom. The molecule has 0 aliphatic rings. The summed E-state index contributed by atoms with van der Waals surface area (Å²) in [6.45, 7) is 5.97. The summed E-state index contributed by atoms with van der Waals surface area (Å²) in [4.78, 5) is 7.81. The second-order valence-electron chi connectivity index (χ2n) is 3.78. The number of hydrogen-bond acceptors (Lipinski definition) is 5. The first kappa shape index (κ1) is 15.9. The van der Waals surface area contributed by atoms with E-state index in [4.69, 9.17) is 22.7 Å². The third-order valence-electron chi connectivity index (χ3n) is 2.38. The molecule has 4 N–H and O–H groups in total. The topological polar surface area (TPSA) is 87.7 Å². The average molecular weight is 292 g/mol. The lowest BCUT2D eigenvalue weighted by Gasteiger charge is -2.11. The van der Waals surface area contributed by atoms with Crippen LogP contribution in [0.25, 0.3) is 0 Å². The fraction of sp³-hybridized carbons (Fsp3) is 0.214. The Kier molecular flexibility index (Phi) is 5.93. The van der Waals surface area contributed by atoms with Gasteiger partial charge in [-0.05, 0) is 18.6 Å². The summed E-state index contributed by atoms with van der Waals surface area (Å²) >= 11 is 5.98. The van der Waals surface area contributed by atoms with Crippen LogP contribution in [-0.4, -0.2) is 16.2 Å². The molecule has 1 aromatic heterocycles. The number of hydrogen-bond donors (Lipinski definition) is 3. The monoisotopic (exact) mass is 291 g/mol. The van der Waals surface area contributed by atoms with Gasteiger partial charge in [0.25, 0.3) is 0 Å². The van der Waals surface area contributed by atoms with Crippen molar-refractivity contribution in [2.75, 3.05) is 11.1 Å². The van der Waals surface area contributed by atoms with E-state index in [0.717, 1.165) is 16.8 Å². The highest BCUT2D eigenvalue weighted by Gasteiger charge is 2.07. The van der Waals surface area contributed by atoms with Gasteiger partial charge in [-0.25, -0.2) is 4.98 Å². The van der Waals surface area contributed by atoms with Gasteiger partial charge >= 0.3 is 0 Å². The van der Waals surface area contributed by atoms with E-state index in [1.165, 1.54) is 12.4 Å². The lowest BCUT2D eigenvalue weighted by Crippen LogP contribution is -2.02. The quantitative estimate of drug-likeness (QED) is 0.751. The van der Waals surface area contributed by atoms with E-state index in [2.05, 4.69) is 15.3 Å². The number of benzene rings is 1. The van der Waals surface area contributed by atoms with Crippen LogP contribution in [0.5, 0.6) is 0 Å². The normalized spacial score (nSPS) is 9.40. The predicted octanol–water partition coefficient (Wildman–Crippen LogP) is 3.79. The van der Waals surface area contributed by atoms with Crippen molar-refractivity contribution in [1.82, 2.24) is 9.97 Å². The molecule has 0 bridgehead atoms. The standard InChI is InChI=1S/C12H12ClN5.C2H6/c1-7-2-3-8(5-14)10(4-7)17-11-9(13)6-16-12(15)18-11;1-2/h2-6,14H,1H3,(H3,15,16,17,18);1-2H3. The van der Waals surface area contributed by atoms with E-state index in [9.17, 15) is 0 Å². The van der Waals surface area contributed by atoms with Gasteiger partial charge in [0, 0.05) is 17.5 Å². The van der Waals surface area contributed by atoms with Crippen LogP contribution in [-0.2, 0) is 0 Å². The van der Waals surface area contributed by atoms with Crippen molar-refractivity contribution in [2.45, 2.75) is 20.8 Å². The maximum Gasteiger partial charge on any atom is 0.222 e. The summed E-state index contributed by atoms with van der Waals surface area (Å²) < 4.78 is 0. The van der Waals surface area contributed by atoms with Gasteiger partial charge in [0.05, 0.1) is 6.20 Å². The van der Waals surface area contributed by atoms with Crippen LogP contribution in [0.3, 0.4) is 0 Å². The molecule has 0 atom stereocenters. The van der Waals surface area contributed by atoms with Crippen molar-refractivity contribution in [3.8, 4) is 0 Å². The largest absolute Gasteiger partial charge is 0.368 e. The number of rotatable bonds is 3. The van der Waals surface area contributed by atoms with E-state index in [1.54, 1.807) is 0 Å². The number of aryl methyl sites for hydroxylation is 1. The Bertz CT molecular complexity index is 598. The van der Waals surface area contributed by atoms with Gasteiger partial charge in [-0.3, -0.25) is 0 Å². The van der Waals surface area contributed by atoms with Crippen molar-refractivity contribution in [2.24, 2.45) is 0 Å². The Morgan fingerprint density at radius 2 is 2.05 bits per heavy atom. The minimum absolute atomic E-state index is 0.144. The first-order valence-electron chi connectivity index (χ1n) is 6.26. The molecule has 20 heavy (non-hydrogen) atoms. The molecule has 5 nitrogen and oxygen atoms in total. The minimum atomic E-state index is 0.144. The number of nitrogens with zero attached hydrogens (tertiary/aromatic N) is 2. The van der Waals surface area contributed by atoms with Crippen molar-refractivity contribution >= 4 is 35.3 Å². The highest BCUT2D eigenvalue weighted by atomic mass is 35.5. The minimum Gasteiger partial charge on any atom is -0.368 e. The van der Waals surface area contributed by atoms with Crippen molar-refractivity contribution < 1.29 is 0 Å². The third kappa shape index (κ3) is 3.93. The van der Waals surface area contributed by atoms with Gasteiger partial charge in [-0.15, -0.1) is 0 Å². The second-order valence-corrected chi connectivity index (χ2v) is 4.19. The van der Waals surface area contributed by atoms with E-state index in [0.29, 0.717) is 10.8 Å². The summed E-state index contributed by atoms with van der Waals surface area (Å²) in [5, 5.41) is 10.8. The molecule has 2 aromatic rings. The molecule has 0 spiro atoms. The zero-order valence-corrected chi connectivity index (χ0v) is 12.5. The molecule has 0 saturated carbocycles. The van der Waals surface area contributed by atoms with Crippen molar-refractivity contribution in [3.05, 3.63) is 40.5 Å². The molecule has 0 radical (unpaired) electrons. The van der Waals surface area contributed by atoms with Crippen LogP contribution in [0.4, 0.5) is 17.5 Å². The summed E-state index contributed by atoms with van der Waals surface area (Å²) in [6, 6.07) is 5.69. The smallest absolute Gasteiger partial charge is 0.222 e. The second kappa shape index (κ2) is 7.45. The molecule has 106 valence electrons. The maximum atomic E-state index is 7.36. The summed E-state index contributed by atoms with van der Waals surface area (Å²) in [5.41, 5.74) is 8.09. The molecule has 1 aromatic carbocycles. The van der Waals surface area contributed by atoms with E-state index in [1.807, 2.05) is 39.0 Å². The predicted molar refractivity (Wildman–Crippen MR) is 85.1 cm³/mol. The Morgan fingerprint density at radius 3 is 2.70 bits per heavy atom. The molecule has 1 heterocycles. The Hall–Kier alpha value is -2.14. The number of nitrogens with two attached hydrogens (primary N) is 1. The van der Waals surface area contributed by atoms with E-state index >= 15 is 0 Å². The van der Waals surface area contributed by atoms with Gasteiger partial charge in [-0.2, -0.15) is 4.98 Å². The van der Waals surface area contributed by atoms with E-state index in [-0.39, 0.29) is 5.95 Å². The Labute approximate surface area is 123 Å². The molecule has 0 amide bonds. The molecular formula is C14H18ClN5. The lowest BCUT2D eigenvalue weighted by atomic mass is 10.1. The molecule has 0 aliphatic carbocycles. The number of anilines is 3. The summed E-state index contributed by atoms with van der Waals surface area (Å²) in [5.74, 6) is 0.573. The SMILES string of the molecule is CC.Cc1ccc(C=N)c(Nc2nc(N)ncc2Cl)c1.